The van der Waals surface area contributed by atoms with Gasteiger partial charge in [-0.3, -0.25) is 14.3 Å². The maximum atomic E-state index is 11.9. The van der Waals surface area contributed by atoms with Crippen LogP contribution >= 0.6 is 15.9 Å². The third kappa shape index (κ3) is 2.87. The minimum absolute atomic E-state index is 0.149. The molecule has 0 amide bonds. The summed E-state index contributed by atoms with van der Waals surface area (Å²) >= 11 is 3.11. The molecule has 0 saturated heterocycles. The van der Waals surface area contributed by atoms with Gasteiger partial charge in [0.2, 0.25) is 0 Å². The van der Waals surface area contributed by atoms with E-state index < -0.39 is 5.97 Å². The van der Waals surface area contributed by atoms with E-state index in [9.17, 15) is 9.59 Å². The summed E-state index contributed by atoms with van der Waals surface area (Å²) in [6.07, 6.45) is 4.36. The van der Waals surface area contributed by atoms with E-state index in [4.69, 9.17) is 0 Å². The number of hydrogen-bond donors (Lipinski definition) is 0. The topological polar surface area (TPSA) is 74.1 Å². The Morgan fingerprint density at radius 1 is 1.53 bits per heavy atom. The number of esters is 1. The lowest BCUT2D eigenvalue weighted by Crippen LogP contribution is -2.23. The summed E-state index contributed by atoms with van der Waals surface area (Å²) in [4.78, 5) is 31.5. The van der Waals surface area contributed by atoms with Crippen molar-refractivity contribution in [2.75, 3.05) is 7.11 Å². The number of carbonyl (C=O) groups is 1. The van der Waals surface area contributed by atoms with Crippen molar-refractivity contribution in [1.82, 2.24) is 14.5 Å². The lowest BCUT2D eigenvalue weighted by Gasteiger charge is -2.08. The van der Waals surface area contributed by atoms with Gasteiger partial charge in [0.15, 0.2) is 0 Å². The first-order valence-electron chi connectivity index (χ1n) is 5.35. The second kappa shape index (κ2) is 5.75. The van der Waals surface area contributed by atoms with Crippen LogP contribution in [0.4, 0.5) is 0 Å². The predicted molar refractivity (Wildman–Crippen MR) is 70.9 cm³/mol. The van der Waals surface area contributed by atoms with Crippen molar-refractivity contribution in [2.24, 2.45) is 0 Å². The molecular weight excluding hydrogens is 314 g/mol. The van der Waals surface area contributed by atoms with Crippen molar-refractivity contribution in [3.05, 3.63) is 56.9 Å². The summed E-state index contributed by atoms with van der Waals surface area (Å²) in [5, 5.41) is 0. The third-order valence-electron chi connectivity index (χ3n) is 2.47. The molecule has 0 aliphatic carbocycles. The van der Waals surface area contributed by atoms with Crippen LogP contribution in [0.1, 0.15) is 16.1 Å². The number of halogens is 1. The highest BCUT2D eigenvalue weighted by molar-refractivity contribution is 9.10. The first-order valence-corrected chi connectivity index (χ1v) is 6.15. The van der Waals surface area contributed by atoms with Gasteiger partial charge in [-0.1, -0.05) is 0 Å². The number of hydrogen-bond acceptors (Lipinski definition) is 5. The van der Waals surface area contributed by atoms with E-state index in [-0.39, 0.29) is 12.1 Å². The number of rotatable bonds is 3. The number of nitrogens with zero attached hydrogens (tertiary/aromatic N) is 3. The van der Waals surface area contributed by atoms with Crippen LogP contribution in [0.15, 0.2) is 40.1 Å². The van der Waals surface area contributed by atoms with Crippen LogP contribution in [0.5, 0.6) is 0 Å². The molecule has 7 heteroatoms. The van der Waals surface area contributed by atoms with Crippen LogP contribution in [0.25, 0.3) is 0 Å². The molecule has 0 aliphatic heterocycles. The van der Waals surface area contributed by atoms with Crippen LogP contribution < -0.4 is 5.56 Å². The van der Waals surface area contributed by atoms with Gasteiger partial charge in [0, 0.05) is 12.4 Å². The van der Waals surface area contributed by atoms with Gasteiger partial charge in [0.05, 0.1) is 31.2 Å². The molecule has 19 heavy (non-hydrogen) atoms. The molecule has 0 fully saturated rings. The smallest absolute Gasteiger partial charge is 0.339 e. The fourth-order valence-corrected chi connectivity index (χ4v) is 1.90. The zero-order valence-corrected chi connectivity index (χ0v) is 11.6. The molecule has 0 radical (unpaired) electrons. The molecular formula is C12H10BrN3O3. The first kappa shape index (κ1) is 13.4. The molecule has 0 aliphatic rings. The maximum absolute atomic E-state index is 11.9. The average Bonchev–Trinajstić information content (AvgIpc) is 2.43. The minimum atomic E-state index is -0.487. The molecule has 6 nitrogen and oxygen atoms in total. The van der Waals surface area contributed by atoms with Gasteiger partial charge < -0.3 is 4.74 Å². The second-order valence-electron chi connectivity index (χ2n) is 3.66. The van der Waals surface area contributed by atoms with Crippen molar-refractivity contribution < 1.29 is 9.53 Å². The molecule has 0 saturated carbocycles. The molecule has 2 heterocycles. The Morgan fingerprint density at radius 2 is 2.32 bits per heavy atom. The molecule has 0 N–H and O–H groups in total. The van der Waals surface area contributed by atoms with E-state index in [2.05, 4.69) is 30.6 Å². The maximum Gasteiger partial charge on any atom is 0.339 e. The van der Waals surface area contributed by atoms with Crippen LogP contribution in [0.3, 0.4) is 0 Å². The van der Waals surface area contributed by atoms with Gasteiger partial charge in [-0.15, -0.1) is 0 Å². The Bertz CT molecular complexity index is 669. The number of ether oxygens (including phenoxy) is 1. The number of methoxy groups -OCH3 is 1. The summed E-state index contributed by atoms with van der Waals surface area (Å²) in [6.45, 7) is 0.149. The summed E-state index contributed by atoms with van der Waals surface area (Å²) in [7, 11) is 1.30. The molecule has 0 bridgehead atoms. The minimum Gasteiger partial charge on any atom is -0.465 e. The van der Waals surface area contributed by atoms with Gasteiger partial charge in [-0.05, 0) is 28.1 Å². The Hall–Kier alpha value is -2.02. The van der Waals surface area contributed by atoms with E-state index >= 15 is 0 Å². The highest BCUT2D eigenvalue weighted by Gasteiger charge is 2.13. The molecule has 2 aromatic heterocycles. The van der Waals surface area contributed by atoms with Crippen LogP contribution in [0, 0.1) is 0 Å². The van der Waals surface area contributed by atoms with E-state index in [1.165, 1.54) is 24.2 Å². The Kier molecular flexibility index (Phi) is 4.06. The van der Waals surface area contributed by atoms with Crippen LogP contribution in [-0.2, 0) is 11.3 Å². The van der Waals surface area contributed by atoms with Crippen molar-refractivity contribution in [1.29, 1.82) is 0 Å². The van der Waals surface area contributed by atoms with Crippen LogP contribution in [0.2, 0.25) is 0 Å². The summed E-state index contributed by atoms with van der Waals surface area (Å²) in [5.74, 6) is -0.487. The van der Waals surface area contributed by atoms with Crippen LogP contribution in [-0.4, -0.2) is 27.6 Å². The van der Waals surface area contributed by atoms with E-state index in [1.54, 1.807) is 18.3 Å². The highest BCUT2D eigenvalue weighted by atomic mass is 79.9. The molecule has 0 atom stereocenters. The summed E-state index contributed by atoms with van der Waals surface area (Å²) < 4.78 is 6.39. The Morgan fingerprint density at radius 3 is 3.05 bits per heavy atom. The van der Waals surface area contributed by atoms with Gasteiger partial charge in [0.1, 0.15) is 4.47 Å². The number of carbonyl (C=O) groups excluding carboxylic acids is 1. The fraction of sp³-hybridized carbons (Fsp3) is 0.167. The van der Waals surface area contributed by atoms with Crippen molar-refractivity contribution in [2.45, 2.75) is 6.54 Å². The van der Waals surface area contributed by atoms with E-state index in [0.29, 0.717) is 15.7 Å². The standard InChI is InChI=1S/C12H10BrN3O3/c1-19-12(18)8-3-2-4-15-10(8)6-16-7-14-5-9(13)11(16)17/h2-5,7H,6H2,1H3. The van der Waals surface area contributed by atoms with Crippen molar-refractivity contribution >= 4 is 21.9 Å². The SMILES string of the molecule is COC(=O)c1cccnc1Cn1cncc(Br)c1=O. The van der Waals surface area contributed by atoms with Gasteiger partial charge in [-0.25, -0.2) is 9.78 Å². The predicted octanol–water partition coefficient (Wildman–Crippen LogP) is 1.24. The number of pyridine rings is 1. The fourth-order valence-electron chi connectivity index (χ4n) is 1.56. The normalized spacial score (nSPS) is 10.2. The van der Waals surface area contributed by atoms with Gasteiger partial charge in [-0.2, -0.15) is 0 Å². The molecule has 2 aromatic rings. The Labute approximate surface area is 117 Å². The number of aromatic nitrogens is 3. The zero-order chi connectivity index (χ0) is 13.8. The monoisotopic (exact) mass is 323 g/mol. The molecule has 2 rings (SSSR count). The third-order valence-corrected chi connectivity index (χ3v) is 3.02. The summed E-state index contributed by atoms with van der Waals surface area (Å²) in [6, 6.07) is 3.24. The molecule has 98 valence electrons. The lowest BCUT2D eigenvalue weighted by molar-refractivity contribution is 0.0598. The molecule has 0 unspecified atom stereocenters. The summed E-state index contributed by atoms with van der Waals surface area (Å²) in [5.41, 5.74) is 0.546. The second-order valence-corrected chi connectivity index (χ2v) is 4.52. The van der Waals surface area contributed by atoms with Gasteiger partial charge in [0.25, 0.3) is 5.56 Å². The van der Waals surface area contributed by atoms with E-state index in [1.807, 2.05) is 0 Å². The molecule has 0 aromatic carbocycles. The highest BCUT2D eigenvalue weighted by Crippen LogP contribution is 2.08. The van der Waals surface area contributed by atoms with Crippen molar-refractivity contribution in [3.8, 4) is 0 Å². The molecule has 0 spiro atoms. The lowest BCUT2D eigenvalue weighted by atomic mass is 10.2. The van der Waals surface area contributed by atoms with Gasteiger partial charge >= 0.3 is 5.97 Å². The quantitative estimate of drug-likeness (QED) is 0.794. The van der Waals surface area contributed by atoms with E-state index in [0.717, 1.165) is 0 Å². The zero-order valence-electron chi connectivity index (χ0n) is 10.0. The Balaban J connectivity index is 2.41. The largest absolute Gasteiger partial charge is 0.465 e. The first-order chi connectivity index (χ1) is 9.13. The average molecular weight is 324 g/mol. The van der Waals surface area contributed by atoms with Crippen molar-refractivity contribution in [3.63, 3.8) is 0 Å².